The lowest BCUT2D eigenvalue weighted by Gasteiger charge is -2.12. The summed E-state index contributed by atoms with van der Waals surface area (Å²) in [6.45, 7) is 7.31. The Kier molecular flexibility index (Phi) is 5.38. The summed E-state index contributed by atoms with van der Waals surface area (Å²) >= 11 is 0. The summed E-state index contributed by atoms with van der Waals surface area (Å²) in [5.41, 5.74) is 2.90. The van der Waals surface area contributed by atoms with E-state index in [1.165, 1.54) is 6.07 Å². The van der Waals surface area contributed by atoms with Crippen molar-refractivity contribution in [2.24, 2.45) is 0 Å². The molecule has 0 saturated carbocycles. The van der Waals surface area contributed by atoms with E-state index < -0.39 is 21.6 Å². The van der Waals surface area contributed by atoms with Crippen molar-refractivity contribution in [3.63, 3.8) is 0 Å². The third kappa shape index (κ3) is 3.39. The van der Waals surface area contributed by atoms with E-state index in [9.17, 15) is 18.0 Å². The molecule has 32 heavy (non-hydrogen) atoms. The van der Waals surface area contributed by atoms with Crippen LogP contribution in [0.15, 0.2) is 70.4 Å². The lowest BCUT2D eigenvalue weighted by Crippen LogP contribution is -2.33. The number of benzene rings is 3. The van der Waals surface area contributed by atoms with Crippen LogP contribution in [0.5, 0.6) is 0 Å². The molecule has 4 aromatic rings. The third-order valence-electron chi connectivity index (χ3n) is 5.62. The van der Waals surface area contributed by atoms with Gasteiger partial charge in [-0.1, -0.05) is 48.9 Å². The Morgan fingerprint density at radius 3 is 2.00 bits per heavy atom. The molecule has 1 heterocycles. The fourth-order valence-electron chi connectivity index (χ4n) is 4.23. The topological polar surface area (TPSA) is 78.1 Å². The minimum absolute atomic E-state index is 0.0767. The molecule has 0 saturated heterocycles. The molecule has 0 amide bonds. The maximum atomic E-state index is 13.7. The van der Waals surface area contributed by atoms with Crippen LogP contribution in [0.1, 0.15) is 39.5 Å². The molecule has 0 unspecified atom stereocenters. The predicted molar refractivity (Wildman–Crippen MR) is 125 cm³/mol. The fourth-order valence-corrected chi connectivity index (χ4v) is 6.04. The van der Waals surface area contributed by atoms with Crippen LogP contribution in [0.3, 0.4) is 0 Å². The number of hydrogen-bond acceptors (Lipinski definition) is 4. The Bertz CT molecular complexity index is 1500. The average Bonchev–Trinajstić information content (AvgIpc) is 3.04. The maximum Gasteiger partial charge on any atom is 0.350 e. The van der Waals surface area contributed by atoms with Gasteiger partial charge in [0.25, 0.3) is 15.9 Å². The van der Waals surface area contributed by atoms with Crippen LogP contribution in [0.2, 0.25) is 0 Å². The molecule has 3 aromatic carbocycles. The van der Waals surface area contributed by atoms with Gasteiger partial charge in [0.15, 0.2) is 0 Å². The molecule has 0 N–H and O–H groups in total. The molecule has 0 fully saturated rings. The first kappa shape index (κ1) is 21.8. The largest absolute Gasteiger partial charge is 0.350 e. The molecular formula is C25H24N2O4S. The van der Waals surface area contributed by atoms with Crippen molar-refractivity contribution in [3.8, 4) is 0 Å². The lowest BCUT2D eigenvalue weighted by atomic mass is 10.1. The van der Waals surface area contributed by atoms with Gasteiger partial charge in [-0.2, -0.15) is 3.97 Å². The number of carbonyl (C=O) groups is 1. The Balaban J connectivity index is 2.00. The Morgan fingerprint density at radius 1 is 0.875 bits per heavy atom. The number of aromatic nitrogens is 2. The first-order valence-corrected chi connectivity index (χ1v) is 11.8. The second kappa shape index (κ2) is 7.91. The maximum absolute atomic E-state index is 13.7. The zero-order chi connectivity index (χ0) is 23.2. The van der Waals surface area contributed by atoms with Gasteiger partial charge in [0.2, 0.25) is 0 Å². The van der Waals surface area contributed by atoms with Crippen molar-refractivity contribution < 1.29 is 13.2 Å². The molecule has 0 aliphatic rings. The summed E-state index contributed by atoms with van der Waals surface area (Å²) < 4.78 is 29.1. The van der Waals surface area contributed by atoms with E-state index in [2.05, 4.69) is 0 Å². The quantitative estimate of drug-likeness (QED) is 0.468. The van der Waals surface area contributed by atoms with Gasteiger partial charge in [-0.3, -0.25) is 4.79 Å². The number of rotatable bonds is 4. The molecular weight excluding hydrogens is 424 g/mol. The summed E-state index contributed by atoms with van der Waals surface area (Å²) in [6, 6.07) is 16.9. The van der Waals surface area contributed by atoms with E-state index in [1.807, 2.05) is 26.0 Å². The minimum Gasteiger partial charge on any atom is -0.268 e. The van der Waals surface area contributed by atoms with E-state index in [0.717, 1.165) is 26.1 Å². The van der Waals surface area contributed by atoms with Crippen LogP contribution < -0.4 is 5.69 Å². The SMILES string of the molecule is CCc1ccc(C(=O)n2c(=O)n(S(=O)(=O)c3c(C)cc(C)cc3C)c3ccccc32)cc1. The Labute approximate surface area is 186 Å². The van der Waals surface area contributed by atoms with Gasteiger partial charge < -0.3 is 0 Å². The van der Waals surface area contributed by atoms with E-state index in [1.54, 1.807) is 56.3 Å². The van der Waals surface area contributed by atoms with Gasteiger partial charge in [-0.15, -0.1) is 0 Å². The molecule has 6 nitrogen and oxygen atoms in total. The third-order valence-corrected chi connectivity index (χ3v) is 7.62. The van der Waals surface area contributed by atoms with Crippen LogP contribution >= 0.6 is 0 Å². The van der Waals surface area contributed by atoms with Crippen LogP contribution in [-0.4, -0.2) is 22.9 Å². The standard InChI is InChI=1S/C25H24N2O4S/c1-5-19-10-12-20(13-11-19)24(28)26-21-8-6-7-9-22(21)27(25(26)29)32(30,31)23-17(3)14-16(2)15-18(23)4/h6-15H,5H2,1-4H3. The molecule has 0 spiro atoms. The molecule has 0 aliphatic heterocycles. The van der Waals surface area contributed by atoms with E-state index in [4.69, 9.17) is 0 Å². The first-order valence-electron chi connectivity index (χ1n) is 10.4. The van der Waals surface area contributed by atoms with Crippen molar-refractivity contribution in [2.45, 2.75) is 39.0 Å². The van der Waals surface area contributed by atoms with Crippen molar-refractivity contribution in [3.05, 3.63) is 99.0 Å². The highest BCUT2D eigenvalue weighted by molar-refractivity contribution is 7.90. The van der Waals surface area contributed by atoms with Crippen molar-refractivity contribution in [1.29, 1.82) is 0 Å². The zero-order valence-electron chi connectivity index (χ0n) is 18.4. The highest BCUT2D eigenvalue weighted by atomic mass is 32.2. The molecule has 0 radical (unpaired) electrons. The number of nitrogens with zero attached hydrogens (tertiary/aromatic N) is 2. The van der Waals surface area contributed by atoms with Crippen LogP contribution in [0, 0.1) is 20.8 Å². The number of imidazole rings is 1. The van der Waals surface area contributed by atoms with Crippen molar-refractivity contribution in [1.82, 2.24) is 8.54 Å². The minimum atomic E-state index is -4.25. The Hall–Kier alpha value is -3.45. The summed E-state index contributed by atoms with van der Waals surface area (Å²) in [5, 5.41) is 0. The number of aryl methyl sites for hydroxylation is 4. The predicted octanol–water partition coefficient (Wildman–Crippen LogP) is 4.22. The highest BCUT2D eigenvalue weighted by Gasteiger charge is 2.30. The molecule has 0 atom stereocenters. The normalized spacial score (nSPS) is 11.8. The van der Waals surface area contributed by atoms with Crippen LogP contribution in [0.25, 0.3) is 11.0 Å². The summed E-state index contributed by atoms with van der Waals surface area (Å²) in [5.74, 6) is -0.569. The van der Waals surface area contributed by atoms with Crippen LogP contribution in [0.4, 0.5) is 0 Å². The smallest absolute Gasteiger partial charge is 0.268 e. The molecule has 164 valence electrons. The van der Waals surface area contributed by atoms with E-state index in [0.29, 0.717) is 16.7 Å². The number of hydrogen-bond donors (Lipinski definition) is 0. The van der Waals surface area contributed by atoms with Crippen molar-refractivity contribution in [2.75, 3.05) is 0 Å². The first-order chi connectivity index (χ1) is 15.2. The van der Waals surface area contributed by atoms with E-state index in [-0.39, 0.29) is 15.9 Å². The average molecular weight is 449 g/mol. The zero-order valence-corrected chi connectivity index (χ0v) is 19.2. The second-order valence-electron chi connectivity index (χ2n) is 7.96. The number of para-hydroxylation sites is 2. The molecule has 7 heteroatoms. The number of carbonyl (C=O) groups excluding carboxylic acids is 1. The second-order valence-corrected chi connectivity index (χ2v) is 9.68. The summed E-state index contributed by atoms with van der Waals surface area (Å²) in [7, 11) is -4.25. The molecule has 4 rings (SSSR count). The fraction of sp³-hybridized carbons (Fsp3) is 0.200. The Morgan fingerprint density at radius 2 is 1.44 bits per heavy atom. The monoisotopic (exact) mass is 448 g/mol. The molecule has 0 aliphatic carbocycles. The van der Waals surface area contributed by atoms with Gasteiger partial charge in [0, 0.05) is 5.56 Å². The van der Waals surface area contributed by atoms with Gasteiger partial charge in [0.1, 0.15) is 0 Å². The van der Waals surface area contributed by atoms with Gasteiger partial charge in [-0.05, 0) is 68.1 Å². The van der Waals surface area contributed by atoms with Crippen LogP contribution in [-0.2, 0) is 16.4 Å². The van der Waals surface area contributed by atoms with Gasteiger partial charge >= 0.3 is 5.69 Å². The van der Waals surface area contributed by atoms with Gasteiger partial charge in [-0.25, -0.2) is 17.8 Å². The summed E-state index contributed by atoms with van der Waals surface area (Å²) in [6.07, 6.45) is 0.821. The van der Waals surface area contributed by atoms with E-state index >= 15 is 0 Å². The molecule has 1 aromatic heterocycles. The van der Waals surface area contributed by atoms with Crippen molar-refractivity contribution >= 4 is 27.0 Å². The number of fused-ring (bicyclic) bond motifs is 1. The molecule has 0 bridgehead atoms. The highest BCUT2D eigenvalue weighted by Crippen LogP contribution is 2.26. The lowest BCUT2D eigenvalue weighted by molar-refractivity contribution is 0.0961. The van der Waals surface area contributed by atoms with Gasteiger partial charge in [0.05, 0.1) is 15.9 Å². The summed E-state index contributed by atoms with van der Waals surface area (Å²) in [4.78, 5) is 26.8.